The van der Waals surface area contributed by atoms with Gasteiger partial charge in [-0.25, -0.2) is 9.37 Å². The third-order valence-electron chi connectivity index (χ3n) is 3.32. The minimum Gasteiger partial charge on any atom is -0.329 e. The Bertz CT molecular complexity index is 627. The van der Waals surface area contributed by atoms with E-state index in [1.54, 1.807) is 12.4 Å². The lowest BCUT2D eigenvalue weighted by atomic mass is 10.1. The highest BCUT2D eigenvalue weighted by Crippen LogP contribution is 2.12. The third kappa shape index (κ3) is 4.14. The van der Waals surface area contributed by atoms with Crippen molar-refractivity contribution in [3.8, 4) is 6.07 Å². The summed E-state index contributed by atoms with van der Waals surface area (Å²) in [6.45, 7) is 4.44. The lowest BCUT2D eigenvalue weighted by molar-refractivity contribution is 0.604. The van der Waals surface area contributed by atoms with E-state index in [4.69, 9.17) is 5.26 Å². The van der Waals surface area contributed by atoms with Gasteiger partial charge >= 0.3 is 0 Å². The summed E-state index contributed by atoms with van der Waals surface area (Å²) in [5.74, 6) is -0.474. The number of nitriles is 1. The van der Waals surface area contributed by atoms with Gasteiger partial charge in [-0.3, -0.25) is 0 Å². The first-order chi connectivity index (χ1) is 10.2. The smallest absolute Gasteiger partial charge is 0.141 e. The van der Waals surface area contributed by atoms with Crippen LogP contribution in [0, 0.1) is 17.1 Å². The van der Waals surface area contributed by atoms with Crippen LogP contribution in [0.25, 0.3) is 0 Å². The molecule has 1 heterocycles. The van der Waals surface area contributed by atoms with Gasteiger partial charge in [0.15, 0.2) is 0 Å². The van der Waals surface area contributed by atoms with E-state index in [0.29, 0.717) is 6.54 Å². The van der Waals surface area contributed by atoms with E-state index in [2.05, 4.69) is 17.2 Å². The van der Waals surface area contributed by atoms with Gasteiger partial charge in [0.25, 0.3) is 0 Å². The average Bonchev–Trinajstić information content (AvgIpc) is 2.91. The van der Waals surface area contributed by atoms with Crippen LogP contribution < -0.4 is 5.32 Å². The van der Waals surface area contributed by atoms with Crippen LogP contribution in [0.2, 0.25) is 0 Å². The Morgan fingerprint density at radius 1 is 1.43 bits per heavy atom. The Morgan fingerprint density at radius 2 is 2.29 bits per heavy atom. The van der Waals surface area contributed by atoms with Gasteiger partial charge in [0.1, 0.15) is 11.9 Å². The Morgan fingerprint density at radius 3 is 3.00 bits per heavy atom. The molecule has 0 amide bonds. The molecule has 2 aromatic rings. The topological polar surface area (TPSA) is 53.6 Å². The lowest BCUT2D eigenvalue weighted by Gasteiger charge is -2.09. The standard InChI is InChI=1S/C16H19FN4/c1-2-3-6-19-9-15-10-20-12-21(15)11-13-4-5-14(8-18)16(17)7-13/h4-5,7,10,12,19H,2-3,6,9,11H2,1H3. The van der Waals surface area contributed by atoms with Gasteiger partial charge in [-0.1, -0.05) is 19.4 Å². The first kappa shape index (κ1) is 15.2. The molecule has 0 saturated heterocycles. The van der Waals surface area contributed by atoms with E-state index in [0.717, 1.165) is 37.2 Å². The van der Waals surface area contributed by atoms with Crippen LogP contribution in [0.4, 0.5) is 4.39 Å². The normalized spacial score (nSPS) is 10.5. The van der Waals surface area contributed by atoms with Crippen LogP contribution in [-0.4, -0.2) is 16.1 Å². The van der Waals surface area contributed by atoms with E-state index in [9.17, 15) is 4.39 Å². The number of nitrogens with one attached hydrogen (secondary N) is 1. The van der Waals surface area contributed by atoms with E-state index < -0.39 is 5.82 Å². The molecule has 1 N–H and O–H groups in total. The molecule has 1 aromatic carbocycles. The van der Waals surface area contributed by atoms with Gasteiger partial charge in [-0.05, 0) is 30.7 Å². The van der Waals surface area contributed by atoms with Crippen LogP contribution in [-0.2, 0) is 13.1 Å². The molecule has 0 aliphatic heterocycles. The number of nitrogens with zero attached hydrogens (tertiary/aromatic N) is 3. The highest BCUT2D eigenvalue weighted by atomic mass is 19.1. The molecule has 0 radical (unpaired) electrons. The van der Waals surface area contributed by atoms with Gasteiger partial charge in [-0.15, -0.1) is 0 Å². The molecule has 0 aliphatic carbocycles. The summed E-state index contributed by atoms with van der Waals surface area (Å²) in [5.41, 5.74) is 1.96. The minimum absolute atomic E-state index is 0.0748. The number of halogens is 1. The van der Waals surface area contributed by atoms with Crippen LogP contribution in [0.3, 0.4) is 0 Å². The highest BCUT2D eigenvalue weighted by molar-refractivity contribution is 5.33. The molecule has 4 nitrogen and oxygen atoms in total. The summed E-state index contributed by atoms with van der Waals surface area (Å²) >= 11 is 0. The molecule has 21 heavy (non-hydrogen) atoms. The van der Waals surface area contributed by atoms with E-state index >= 15 is 0 Å². The molecule has 1 aromatic heterocycles. The maximum atomic E-state index is 13.6. The van der Waals surface area contributed by atoms with E-state index in [1.807, 2.05) is 16.8 Å². The molecular formula is C16H19FN4. The fourth-order valence-corrected chi connectivity index (χ4v) is 2.10. The third-order valence-corrected chi connectivity index (χ3v) is 3.32. The van der Waals surface area contributed by atoms with Crippen molar-refractivity contribution < 1.29 is 4.39 Å². The molecule has 0 atom stereocenters. The summed E-state index contributed by atoms with van der Waals surface area (Å²) in [6.07, 6.45) is 5.87. The zero-order valence-corrected chi connectivity index (χ0v) is 12.1. The van der Waals surface area contributed by atoms with Gasteiger partial charge in [-0.2, -0.15) is 5.26 Å². The van der Waals surface area contributed by atoms with Crippen molar-refractivity contribution in [3.63, 3.8) is 0 Å². The molecule has 0 spiro atoms. The number of hydrogen-bond donors (Lipinski definition) is 1. The second-order valence-corrected chi connectivity index (χ2v) is 4.97. The van der Waals surface area contributed by atoms with Crippen LogP contribution in [0.15, 0.2) is 30.7 Å². The van der Waals surface area contributed by atoms with Crippen molar-refractivity contribution in [2.45, 2.75) is 32.9 Å². The number of benzene rings is 1. The number of unbranched alkanes of at least 4 members (excludes halogenated alkanes) is 1. The van der Waals surface area contributed by atoms with Crippen LogP contribution >= 0.6 is 0 Å². The van der Waals surface area contributed by atoms with Crippen molar-refractivity contribution in [1.29, 1.82) is 5.26 Å². The Hall–Kier alpha value is -2.19. The fourth-order valence-electron chi connectivity index (χ4n) is 2.10. The van der Waals surface area contributed by atoms with Crippen molar-refractivity contribution in [1.82, 2.24) is 14.9 Å². The summed E-state index contributed by atoms with van der Waals surface area (Å²) in [5, 5.41) is 12.1. The van der Waals surface area contributed by atoms with Gasteiger partial charge < -0.3 is 9.88 Å². The summed E-state index contributed by atoms with van der Waals surface area (Å²) < 4.78 is 15.6. The molecule has 5 heteroatoms. The zero-order chi connectivity index (χ0) is 15.1. The van der Waals surface area contributed by atoms with Crippen molar-refractivity contribution in [2.24, 2.45) is 0 Å². The summed E-state index contributed by atoms with van der Waals surface area (Å²) in [7, 11) is 0. The quantitative estimate of drug-likeness (QED) is 0.796. The maximum absolute atomic E-state index is 13.6. The highest BCUT2D eigenvalue weighted by Gasteiger charge is 2.06. The summed E-state index contributed by atoms with van der Waals surface area (Å²) in [6, 6.07) is 6.53. The Balaban J connectivity index is 2.02. The predicted octanol–water partition coefficient (Wildman–Crippen LogP) is 2.83. The largest absolute Gasteiger partial charge is 0.329 e. The van der Waals surface area contributed by atoms with E-state index in [-0.39, 0.29) is 5.56 Å². The molecule has 0 aliphatic rings. The van der Waals surface area contributed by atoms with Crippen LogP contribution in [0.1, 0.15) is 36.6 Å². The molecule has 2 rings (SSSR count). The van der Waals surface area contributed by atoms with Gasteiger partial charge in [0.05, 0.1) is 17.6 Å². The Labute approximate surface area is 124 Å². The average molecular weight is 286 g/mol. The number of aromatic nitrogens is 2. The van der Waals surface area contributed by atoms with Crippen molar-refractivity contribution >= 4 is 0 Å². The molecule has 0 unspecified atom stereocenters. The molecule has 0 bridgehead atoms. The first-order valence-corrected chi connectivity index (χ1v) is 7.13. The first-order valence-electron chi connectivity index (χ1n) is 7.13. The number of rotatable bonds is 7. The second kappa shape index (κ2) is 7.55. The summed E-state index contributed by atoms with van der Waals surface area (Å²) in [4.78, 5) is 4.15. The minimum atomic E-state index is -0.474. The van der Waals surface area contributed by atoms with Gasteiger partial charge in [0, 0.05) is 19.3 Å². The molecule has 110 valence electrons. The number of imidazole rings is 1. The van der Waals surface area contributed by atoms with E-state index in [1.165, 1.54) is 12.1 Å². The lowest BCUT2D eigenvalue weighted by Crippen LogP contribution is -2.17. The second-order valence-electron chi connectivity index (χ2n) is 4.97. The fraction of sp³-hybridized carbons (Fsp3) is 0.375. The molecule has 0 fully saturated rings. The zero-order valence-electron chi connectivity index (χ0n) is 12.1. The molecule has 0 saturated carbocycles. The SMILES string of the molecule is CCCCNCc1cncn1Cc1ccc(C#N)c(F)c1. The van der Waals surface area contributed by atoms with Gasteiger partial charge in [0.2, 0.25) is 0 Å². The maximum Gasteiger partial charge on any atom is 0.141 e. The van der Waals surface area contributed by atoms with Crippen molar-refractivity contribution in [2.75, 3.05) is 6.54 Å². The molecular weight excluding hydrogens is 267 g/mol. The monoisotopic (exact) mass is 286 g/mol. The van der Waals surface area contributed by atoms with Crippen molar-refractivity contribution in [3.05, 3.63) is 53.4 Å². The predicted molar refractivity (Wildman–Crippen MR) is 79.1 cm³/mol. The Kier molecular flexibility index (Phi) is 5.47. The number of hydrogen-bond acceptors (Lipinski definition) is 3. The van der Waals surface area contributed by atoms with Crippen LogP contribution in [0.5, 0.6) is 0 Å².